The molecular weight excluding hydrogens is 495 g/mol. The lowest BCUT2D eigenvalue weighted by Crippen LogP contribution is -2.29. The fourth-order valence-electron chi connectivity index (χ4n) is 4.60. The summed E-state index contributed by atoms with van der Waals surface area (Å²) in [4.78, 5) is 2.31. The maximum Gasteiger partial charge on any atom is 0.417 e. The summed E-state index contributed by atoms with van der Waals surface area (Å²) in [7, 11) is 0. The molecule has 0 saturated heterocycles. The molecule has 0 bridgehead atoms. The average molecular weight is 528 g/mol. The van der Waals surface area contributed by atoms with Crippen LogP contribution in [0.4, 0.5) is 13.2 Å². The van der Waals surface area contributed by atoms with E-state index in [4.69, 9.17) is 9.47 Å². The molecule has 0 fully saturated rings. The number of hydrogen-bond acceptors (Lipinski definition) is 5. The van der Waals surface area contributed by atoms with Gasteiger partial charge in [0.2, 0.25) is 0 Å². The van der Waals surface area contributed by atoms with Gasteiger partial charge in [0.1, 0.15) is 29.6 Å². The molecule has 0 spiro atoms. The molecule has 0 aromatic heterocycles. The summed E-state index contributed by atoms with van der Waals surface area (Å²) in [6.45, 7) is 7.50. The van der Waals surface area contributed by atoms with E-state index < -0.39 is 17.9 Å². The van der Waals surface area contributed by atoms with Gasteiger partial charge in [-0.2, -0.15) is 13.2 Å². The van der Waals surface area contributed by atoms with Gasteiger partial charge in [-0.05, 0) is 67.0 Å². The number of likely N-dealkylation sites (N-methyl/N-ethyl adjacent to an activating group) is 1. The van der Waals surface area contributed by atoms with E-state index in [-0.39, 0.29) is 33.9 Å². The van der Waals surface area contributed by atoms with E-state index in [1.165, 1.54) is 42.5 Å². The van der Waals surface area contributed by atoms with Gasteiger partial charge in [0, 0.05) is 23.7 Å². The Labute approximate surface area is 220 Å². The number of alkyl halides is 3. The van der Waals surface area contributed by atoms with Crippen molar-refractivity contribution < 1.29 is 32.9 Å². The quantitative estimate of drug-likeness (QED) is 0.292. The van der Waals surface area contributed by atoms with E-state index in [0.717, 1.165) is 32.5 Å². The van der Waals surface area contributed by atoms with Crippen LogP contribution >= 0.6 is 0 Å². The molecular formula is C30H32F3NO4. The summed E-state index contributed by atoms with van der Waals surface area (Å²) in [6.07, 6.45) is -3.55. The van der Waals surface area contributed by atoms with Crippen molar-refractivity contribution in [1.82, 2.24) is 4.90 Å². The molecule has 1 aliphatic rings. The van der Waals surface area contributed by atoms with Crippen molar-refractivity contribution in [3.63, 3.8) is 0 Å². The highest BCUT2D eigenvalue weighted by atomic mass is 19.4. The highest BCUT2D eigenvalue weighted by molar-refractivity contribution is 5.98. The van der Waals surface area contributed by atoms with Gasteiger partial charge in [0.15, 0.2) is 6.10 Å². The van der Waals surface area contributed by atoms with Crippen LogP contribution in [0.25, 0.3) is 11.1 Å². The zero-order valence-corrected chi connectivity index (χ0v) is 21.5. The SMILES string of the molecule is CCCCN(CC)CCOc1ccc(C2Oc3cc(O)ccc3C(C(F)(F)F)=C2c2ccc(O)cc2)cc1. The van der Waals surface area contributed by atoms with Crippen LogP contribution in [0.15, 0.2) is 66.7 Å². The fraction of sp³-hybridized carbons (Fsp3) is 0.333. The number of phenolic OH excluding ortho intramolecular Hbond substituents is 2. The smallest absolute Gasteiger partial charge is 0.417 e. The summed E-state index contributed by atoms with van der Waals surface area (Å²) in [5, 5.41) is 19.7. The molecule has 1 heterocycles. The first-order chi connectivity index (χ1) is 18.2. The highest BCUT2D eigenvalue weighted by Gasteiger charge is 2.44. The molecule has 0 saturated carbocycles. The van der Waals surface area contributed by atoms with Crippen LogP contribution in [0.2, 0.25) is 0 Å². The van der Waals surface area contributed by atoms with Gasteiger partial charge in [0.25, 0.3) is 0 Å². The lowest BCUT2D eigenvalue weighted by atomic mass is 9.85. The number of fused-ring (bicyclic) bond motifs is 1. The number of nitrogens with zero attached hydrogens (tertiary/aromatic N) is 1. The molecule has 1 unspecified atom stereocenters. The third kappa shape index (κ3) is 6.25. The van der Waals surface area contributed by atoms with Crippen molar-refractivity contribution in [2.75, 3.05) is 26.2 Å². The molecule has 38 heavy (non-hydrogen) atoms. The molecule has 0 amide bonds. The predicted octanol–water partition coefficient (Wildman–Crippen LogP) is 7.21. The zero-order chi connectivity index (χ0) is 27.3. The molecule has 202 valence electrons. The molecule has 3 aromatic carbocycles. The average Bonchev–Trinajstić information content (AvgIpc) is 2.89. The van der Waals surface area contributed by atoms with Crippen LogP contribution in [0, 0.1) is 0 Å². The minimum Gasteiger partial charge on any atom is -0.508 e. The van der Waals surface area contributed by atoms with E-state index >= 15 is 0 Å². The van der Waals surface area contributed by atoms with Crippen LogP contribution in [0.5, 0.6) is 23.0 Å². The molecule has 3 aromatic rings. The van der Waals surface area contributed by atoms with Gasteiger partial charge in [-0.25, -0.2) is 0 Å². The van der Waals surface area contributed by atoms with Gasteiger partial charge in [0.05, 0.1) is 5.57 Å². The van der Waals surface area contributed by atoms with Gasteiger partial charge in [-0.15, -0.1) is 0 Å². The van der Waals surface area contributed by atoms with Gasteiger partial charge in [-0.1, -0.05) is 44.5 Å². The first kappa shape index (κ1) is 27.4. The summed E-state index contributed by atoms with van der Waals surface area (Å²) in [5.41, 5.74) is -0.307. The van der Waals surface area contributed by atoms with Crippen LogP contribution in [-0.4, -0.2) is 47.5 Å². The summed E-state index contributed by atoms with van der Waals surface area (Å²) in [6, 6.07) is 16.0. The Morgan fingerprint density at radius 1 is 0.895 bits per heavy atom. The third-order valence-electron chi connectivity index (χ3n) is 6.61. The third-order valence-corrected chi connectivity index (χ3v) is 6.61. The van der Waals surface area contributed by atoms with Crippen molar-refractivity contribution in [3.8, 4) is 23.0 Å². The minimum absolute atomic E-state index is 0.0562. The van der Waals surface area contributed by atoms with Crippen molar-refractivity contribution in [3.05, 3.63) is 83.4 Å². The Bertz CT molecular complexity index is 1250. The Kier molecular flexibility index (Phi) is 8.52. The molecule has 0 radical (unpaired) electrons. The van der Waals surface area contributed by atoms with Crippen molar-refractivity contribution in [1.29, 1.82) is 0 Å². The predicted molar refractivity (Wildman–Crippen MR) is 141 cm³/mol. The maximum atomic E-state index is 14.6. The van der Waals surface area contributed by atoms with Crippen molar-refractivity contribution >= 4 is 11.1 Å². The van der Waals surface area contributed by atoms with Crippen molar-refractivity contribution in [2.24, 2.45) is 0 Å². The van der Waals surface area contributed by atoms with E-state index in [0.29, 0.717) is 17.9 Å². The monoisotopic (exact) mass is 527 g/mol. The van der Waals surface area contributed by atoms with Gasteiger partial charge < -0.3 is 24.6 Å². The standard InChI is InChI=1S/C30H32F3NO4/c1-3-5-16-34(4-2)17-18-37-24-13-8-21(9-14-24)29-27(20-6-10-22(35)11-7-20)28(30(31,32)33)25-15-12-23(36)19-26(25)38-29/h6-15,19,29,35-36H,3-5,16-18H2,1-2H3. The number of hydrogen-bond donors (Lipinski definition) is 2. The number of unbranched alkanes of at least 4 members (excludes halogenated alkanes) is 1. The Morgan fingerprint density at radius 3 is 2.21 bits per heavy atom. The van der Waals surface area contributed by atoms with E-state index in [9.17, 15) is 23.4 Å². The van der Waals surface area contributed by atoms with E-state index in [1.54, 1.807) is 24.3 Å². The number of halogens is 3. The van der Waals surface area contributed by atoms with E-state index in [1.807, 2.05) is 0 Å². The normalized spacial score (nSPS) is 15.4. The number of rotatable bonds is 10. The number of ether oxygens (including phenoxy) is 2. The number of aromatic hydroxyl groups is 2. The fourth-order valence-corrected chi connectivity index (χ4v) is 4.60. The molecule has 1 atom stereocenters. The highest BCUT2D eigenvalue weighted by Crippen LogP contribution is 2.53. The largest absolute Gasteiger partial charge is 0.508 e. The second-order valence-corrected chi connectivity index (χ2v) is 9.22. The lowest BCUT2D eigenvalue weighted by molar-refractivity contribution is -0.0695. The Balaban J connectivity index is 1.67. The molecule has 4 rings (SSSR count). The topological polar surface area (TPSA) is 62.2 Å². The minimum atomic E-state index is -4.70. The summed E-state index contributed by atoms with van der Waals surface area (Å²) in [5.74, 6) is 0.303. The van der Waals surface area contributed by atoms with Crippen LogP contribution < -0.4 is 9.47 Å². The first-order valence-electron chi connectivity index (χ1n) is 12.8. The van der Waals surface area contributed by atoms with Gasteiger partial charge in [-0.3, -0.25) is 0 Å². The second kappa shape index (κ2) is 11.8. The molecule has 8 heteroatoms. The van der Waals surface area contributed by atoms with Crippen molar-refractivity contribution in [2.45, 2.75) is 39.0 Å². The molecule has 2 N–H and O–H groups in total. The van der Waals surface area contributed by atoms with Crippen LogP contribution in [0.3, 0.4) is 0 Å². The van der Waals surface area contributed by atoms with Gasteiger partial charge >= 0.3 is 6.18 Å². The maximum absolute atomic E-state index is 14.6. The van der Waals surface area contributed by atoms with Crippen LogP contribution in [-0.2, 0) is 0 Å². The Hall–Kier alpha value is -3.65. The molecule has 0 aliphatic carbocycles. The Morgan fingerprint density at radius 2 is 1.58 bits per heavy atom. The zero-order valence-electron chi connectivity index (χ0n) is 21.5. The number of phenols is 2. The molecule has 1 aliphatic heterocycles. The number of benzene rings is 3. The summed E-state index contributed by atoms with van der Waals surface area (Å²) >= 11 is 0. The van der Waals surface area contributed by atoms with Crippen LogP contribution in [0.1, 0.15) is 49.5 Å². The lowest BCUT2D eigenvalue weighted by Gasteiger charge is -2.33. The summed E-state index contributed by atoms with van der Waals surface area (Å²) < 4.78 is 55.6. The second-order valence-electron chi connectivity index (χ2n) is 9.22. The molecule has 5 nitrogen and oxygen atoms in total. The first-order valence-corrected chi connectivity index (χ1v) is 12.8. The number of allylic oxidation sites excluding steroid dienone is 1. The van der Waals surface area contributed by atoms with E-state index in [2.05, 4.69) is 18.7 Å².